The number of aliphatic carboxylic acids is 1. The Hall–Kier alpha value is -3.55. The Morgan fingerprint density at radius 2 is 1.62 bits per heavy atom. The van der Waals surface area contributed by atoms with Gasteiger partial charge < -0.3 is 19.9 Å². The minimum Gasteiger partial charge on any atom is -0.481 e. The molecule has 2 N–H and O–H groups in total. The largest absolute Gasteiger partial charge is 0.481 e. The lowest BCUT2D eigenvalue weighted by atomic mass is 9.94. The zero-order chi connectivity index (χ0) is 24.5. The molecule has 0 radical (unpaired) electrons. The lowest BCUT2D eigenvalue weighted by Crippen LogP contribution is -2.59. The molecule has 1 heterocycles. The summed E-state index contributed by atoms with van der Waals surface area (Å²) in [6.45, 7) is 5.53. The number of fused-ring (bicyclic) bond motifs is 3. The van der Waals surface area contributed by atoms with Gasteiger partial charge in [-0.05, 0) is 55.9 Å². The van der Waals surface area contributed by atoms with Crippen molar-refractivity contribution in [3.05, 3.63) is 59.7 Å². The molecule has 8 heteroatoms. The number of carbonyl (C=O) groups is 3. The molecule has 0 saturated carbocycles. The number of amides is 2. The third-order valence-corrected chi connectivity index (χ3v) is 6.18. The molecule has 2 aliphatic rings. The average molecular weight is 467 g/mol. The number of carboxylic acids is 1. The van der Waals surface area contributed by atoms with Crippen molar-refractivity contribution in [1.82, 2.24) is 10.2 Å². The number of ether oxygens (including phenoxy) is 2. The van der Waals surface area contributed by atoms with E-state index in [1.807, 2.05) is 36.4 Å². The van der Waals surface area contributed by atoms with E-state index in [0.717, 1.165) is 22.3 Å². The van der Waals surface area contributed by atoms with Gasteiger partial charge in [0.25, 0.3) is 0 Å². The highest BCUT2D eigenvalue weighted by molar-refractivity contribution is 5.79. The van der Waals surface area contributed by atoms with Gasteiger partial charge in [-0.25, -0.2) is 9.59 Å². The van der Waals surface area contributed by atoms with Gasteiger partial charge in [0.05, 0.1) is 5.92 Å². The van der Waals surface area contributed by atoms with Gasteiger partial charge in [-0.15, -0.1) is 0 Å². The summed E-state index contributed by atoms with van der Waals surface area (Å²) >= 11 is 0. The van der Waals surface area contributed by atoms with E-state index in [1.165, 1.54) is 4.90 Å². The average Bonchev–Trinajstić information content (AvgIpc) is 3.10. The molecule has 2 unspecified atom stereocenters. The number of hydrogen-bond donors (Lipinski definition) is 2. The van der Waals surface area contributed by atoms with Gasteiger partial charge in [0.1, 0.15) is 18.4 Å². The first-order chi connectivity index (χ1) is 16.2. The molecular weight excluding hydrogens is 436 g/mol. The zero-order valence-corrected chi connectivity index (χ0v) is 19.6. The van der Waals surface area contributed by atoms with Crippen LogP contribution in [0.1, 0.15) is 50.7 Å². The number of nitrogens with one attached hydrogen (secondary N) is 1. The van der Waals surface area contributed by atoms with Crippen LogP contribution >= 0.6 is 0 Å². The molecule has 2 aromatic carbocycles. The predicted molar refractivity (Wildman–Crippen MR) is 125 cm³/mol. The van der Waals surface area contributed by atoms with Gasteiger partial charge in [-0.1, -0.05) is 48.5 Å². The van der Waals surface area contributed by atoms with Crippen LogP contribution in [0.3, 0.4) is 0 Å². The highest BCUT2D eigenvalue weighted by Gasteiger charge is 2.41. The number of benzene rings is 2. The lowest BCUT2D eigenvalue weighted by Gasteiger charge is -2.39. The van der Waals surface area contributed by atoms with E-state index >= 15 is 0 Å². The van der Waals surface area contributed by atoms with Crippen LogP contribution in [-0.4, -0.2) is 53.1 Å². The lowest BCUT2D eigenvalue weighted by molar-refractivity contribution is -0.146. The van der Waals surface area contributed by atoms with E-state index in [9.17, 15) is 19.5 Å². The Morgan fingerprint density at radius 3 is 2.18 bits per heavy atom. The van der Waals surface area contributed by atoms with E-state index in [2.05, 4.69) is 17.4 Å². The highest BCUT2D eigenvalue weighted by Crippen LogP contribution is 2.44. The van der Waals surface area contributed by atoms with Crippen LogP contribution in [0.5, 0.6) is 0 Å². The summed E-state index contributed by atoms with van der Waals surface area (Å²) in [7, 11) is 0. The normalized spacial score (nSPS) is 19.7. The second-order valence-electron chi connectivity index (χ2n) is 9.68. The third-order valence-electron chi connectivity index (χ3n) is 6.18. The van der Waals surface area contributed by atoms with Crippen molar-refractivity contribution in [3.8, 4) is 11.1 Å². The van der Waals surface area contributed by atoms with Crippen molar-refractivity contribution in [2.24, 2.45) is 5.92 Å². The van der Waals surface area contributed by atoms with Gasteiger partial charge in [0, 0.05) is 12.5 Å². The zero-order valence-electron chi connectivity index (χ0n) is 19.6. The Bertz CT molecular complexity index is 1050. The molecule has 180 valence electrons. The molecule has 2 aromatic rings. The molecule has 1 aliphatic heterocycles. The number of alkyl carbamates (subject to hydrolysis) is 1. The van der Waals surface area contributed by atoms with E-state index in [0.29, 0.717) is 12.8 Å². The van der Waals surface area contributed by atoms with Crippen molar-refractivity contribution in [1.29, 1.82) is 0 Å². The fourth-order valence-electron chi connectivity index (χ4n) is 4.74. The number of hydrogen-bond acceptors (Lipinski definition) is 5. The third kappa shape index (κ3) is 4.85. The first-order valence-electron chi connectivity index (χ1n) is 11.5. The van der Waals surface area contributed by atoms with E-state index in [-0.39, 0.29) is 19.1 Å². The standard InChI is InChI=1S/C26H30N2O6/c1-26(2,3)34-24(31)27-22-20(23(29)30)13-8-14-28(22)25(32)33-15-21-18-11-6-4-9-16(18)17-10-5-7-12-19(17)21/h4-7,9-12,20-22H,8,13-15H2,1-3H3,(H,27,31)(H,29,30). The van der Waals surface area contributed by atoms with Gasteiger partial charge in [0.15, 0.2) is 0 Å². The van der Waals surface area contributed by atoms with Crippen LogP contribution in [0, 0.1) is 5.92 Å². The van der Waals surface area contributed by atoms with Crippen LogP contribution in [-0.2, 0) is 14.3 Å². The van der Waals surface area contributed by atoms with Crippen LogP contribution in [0.25, 0.3) is 11.1 Å². The molecular formula is C26H30N2O6. The maximum Gasteiger partial charge on any atom is 0.411 e. The summed E-state index contributed by atoms with van der Waals surface area (Å²) in [4.78, 5) is 38.7. The van der Waals surface area contributed by atoms with Gasteiger partial charge in [-0.3, -0.25) is 9.69 Å². The van der Waals surface area contributed by atoms with E-state index in [4.69, 9.17) is 9.47 Å². The second kappa shape index (κ2) is 9.37. The number of nitrogens with zero attached hydrogens (tertiary/aromatic N) is 1. The molecule has 8 nitrogen and oxygen atoms in total. The minimum absolute atomic E-state index is 0.111. The topological polar surface area (TPSA) is 105 Å². The maximum absolute atomic E-state index is 13.1. The molecule has 34 heavy (non-hydrogen) atoms. The second-order valence-corrected chi connectivity index (χ2v) is 9.68. The van der Waals surface area contributed by atoms with Gasteiger partial charge >= 0.3 is 18.2 Å². The molecule has 2 atom stereocenters. The maximum atomic E-state index is 13.1. The SMILES string of the molecule is CC(C)(C)OC(=O)NC1C(C(=O)O)CCCN1C(=O)OCC1c2ccccc2-c2ccccc21. The summed E-state index contributed by atoms with van der Waals surface area (Å²) in [5, 5.41) is 12.3. The van der Waals surface area contributed by atoms with Gasteiger partial charge in [-0.2, -0.15) is 0 Å². The molecule has 2 amide bonds. The number of carboxylic acid groups (broad SMARTS) is 1. The van der Waals surface area contributed by atoms with Crippen LogP contribution in [0.15, 0.2) is 48.5 Å². The van der Waals surface area contributed by atoms with Crippen LogP contribution in [0.2, 0.25) is 0 Å². The van der Waals surface area contributed by atoms with Crippen molar-refractivity contribution >= 4 is 18.2 Å². The minimum atomic E-state index is -1.09. The quantitative estimate of drug-likeness (QED) is 0.683. The van der Waals surface area contributed by atoms with Crippen LogP contribution in [0.4, 0.5) is 9.59 Å². The van der Waals surface area contributed by atoms with Crippen molar-refractivity contribution < 1.29 is 29.0 Å². The van der Waals surface area contributed by atoms with Crippen LogP contribution < -0.4 is 5.32 Å². The number of carbonyl (C=O) groups excluding carboxylic acids is 2. The Kier molecular flexibility index (Phi) is 6.50. The van der Waals surface area contributed by atoms with Crippen molar-refractivity contribution in [2.75, 3.05) is 13.2 Å². The Morgan fingerprint density at radius 1 is 1.03 bits per heavy atom. The monoisotopic (exact) mass is 466 g/mol. The Labute approximate surface area is 198 Å². The van der Waals surface area contributed by atoms with E-state index < -0.39 is 35.8 Å². The molecule has 1 aliphatic carbocycles. The summed E-state index contributed by atoms with van der Waals surface area (Å²) < 4.78 is 11.0. The first kappa shape index (κ1) is 23.6. The number of likely N-dealkylation sites (tertiary alicyclic amines) is 1. The van der Waals surface area contributed by atoms with Crippen molar-refractivity contribution in [3.63, 3.8) is 0 Å². The summed E-state index contributed by atoms with van der Waals surface area (Å²) in [6, 6.07) is 16.1. The van der Waals surface area contributed by atoms with Gasteiger partial charge in [0.2, 0.25) is 0 Å². The molecule has 0 spiro atoms. The number of piperidine rings is 1. The molecule has 1 saturated heterocycles. The summed E-state index contributed by atoms with van der Waals surface area (Å²) in [6.07, 6.45) is -1.66. The number of rotatable bonds is 4. The Balaban J connectivity index is 1.51. The fourth-order valence-corrected chi connectivity index (χ4v) is 4.74. The van der Waals surface area contributed by atoms with E-state index in [1.54, 1.807) is 20.8 Å². The summed E-state index contributed by atoms with van der Waals surface area (Å²) in [5.74, 6) is -2.16. The smallest absolute Gasteiger partial charge is 0.411 e. The fraction of sp³-hybridized carbons (Fsp3) is 0.423. The highest BCUT2D eigenvalue weighted by atomic mass is 16.6. The first-order valence-corrected chi connectivity index (χ1v) is 11.5. The molecule has 1 fully saturated rings. The summed E-state index contributed by atoms with van der Waals surface area (Å²) in [5.41, 5.74) is 3.65. The predicted octanol–water partition coefficient (Wildman–Crippen LogP) is 4.58. The molecule has 4 rings (SSSR count). The molecule has 0 aromatic heterocycles. The van der Waals surface area contributed by atoms with Crippen molar-refractivity contribution in [2.45, 2.75) is 51.3 Å². The molecule has 0 bridgehead atoms.